The maximum absolute atomic E-state index is 4.32. The highest BCUT2D eigenvalue weighted by Crippen LogP contribution is 2.14. The van der Waals surface area contributed by atoms with Crippen molar-refractivity contribution in [3.63, 3.8) is 0 Å². The fraction of sp³-hybridized carbons (Fsp3) is 0.556. The lowest BCUT2D eigenvalue weighted by Crippen LogP contribution is -2.40. The van der Waals surface area contributed by atoms with E-state index in [0.717, 1.165) is 25.3 Å². The van der Waals surface area contributed by atoms with Gasteiger partial charge in [0.05, 0.1) is 0 Å². The molecule has 0 bridgehead atoms. The van der Waals surface area contributed by atoms with Gasteiger partial charge in [-0.15, -0.1) is 0 Å². The van der Waals surface area contributed by atoms with Crippen LogP contribution in [-0.4, -0.2) is 23.1 Å². The molecule has 0 spiro atoms. The van der Waals surface area contributed by atoms with Crippen LogP contribution >= 0.6 is 0 Å². The van der Waals surface area contributed by atoms with Gasteiger partial charge in [-0.1, -0.05) is 6.92 Å². The van der Waals surface area contributed by atoms with Crippen molar-refractivity contribution >= 4 is 0 Å². The number of hydrogen-bond acceptors (Lipinski definition) is 3. The van der Waals surface area contributed by atoms with Gasteiger partial charge in [0, 0.05) is 31.4 Å². The van der Waals surface area contributed by atoms with Crippen LogP contribution in [0.25, 0.3) is 0 Å². The van der Waals surface area contributed by atoms with Gasteiger partial charge in [-0.25, -0.2) is 9.97 Å². The molecule has 2 heterocycles. The van der Waals surface area contributed by atoms with Crippen LogP contribution in [0.1, 0.15) is 24.2 Å². The molecular weight excluding hydrogens is 150 g/mol. The highest BCUT2D eigenvalue weighted by atomic mass is 15.0. The molecule has 0 atom stereocenters. The van der Waals surface area contributed by atoms with E-state index in [1.165, 1.54) is 5.56 Å². The van der Waals surface area contributed by atoms with Crippen molar-refractivity contribution in [3.8, 4) is 0 Å². The average molecular weight is 163 g/mol. The summed E-state index contributed by atoms with van der Waals surface area (Å²) in [6.45, 7) is 4.18. The molecule has 0 aromatic carbocycles. The molecule has 2 rings (SSSR count). The molecule has 1 N–H and O–H groups in total. The summed E-state index contributed by atoms with van der Waals surface area (Å²) >= 11 is 0. The normalized spacial score (nSPS) is 17.4. The average Bonchev–Trinajstić information content (AvgIpc) is 2.03. The molecule has 0 aliphatic carbocycles. The number of aromatic nitrogens is 2. The minimum atomic E-state index is 0.552. The van der Waals surface area contributed by atoms with Crippen LogP contribution in [0.3, 0.4) is 0 Å². The highest BCUT2D eigenvalue weighted by Gasteiger charge is 2.20. The van der Waals surface area contributed by atoms with Gasteiger partial charge < -0.3 is 5.32 Å². The largest absolute Gasteiger partial charge is 0.315 e. The van der Waals surface area contributed by atoms with E-state index in [-0.39, 0.29) is 0 Å². The van der Waals surface area contributed by atoms with E-state index < -0.39 is 0 Å². The molecule has 3 heteroatoms. The minimum Gasteiger partial charge on any atom is -0.315 e. The van der Waals surface area contributed by atoms with Crippen molar-refractivity contribution in [2.75, 3.05) is 13.1 Å². The topological polar surface area (TPSA) is 37.8 Å². The van der Waals surface area contributed by atoms with Crippen LogP contribution in [0, 0.1) is 0 Å². The summed E-state index contributed by atoms with van der Waals surface area (Å²) < 4.78 is 0. The van der Waals surface area contributed by atoms with Gasteiger partial charge >= 0.3 is 0 Å². The van der Waals surface area contributed by atoms with Crippen LogP contribution in [0.15, 0.2) is 12.4 Å². The highest BCUT2D eigenvalue weighted by molar-refractivity contribution is 5.09. The maximum atomic E-state index is 4.32. The predicted octanol–water partition coefficient (Wildman–Crippen LogP) is 0.726. The zero-order valence-electron chi connectivity index (χ0n) is 7.25. The number of nitrogens with one attached hydrogen (secondary N) is 1. The first-order valence-electron chi connectivity index (χ1n) is 4.41. The Morgan fingerprint density at radius 1 is 1.42 bits per heavy atom. The summed E-state index contributed by atoms with van der Waals surface area (Å²) in [6.07, 6.45) is 4.88. The Kier molecular flexibility index (Phi) is 2.04. The summed E-state index contributed by atoms with van der Waals surface area (Å²) in [6, 6.07) is 0. The first-order chi connectivity index (χ1) is 5.90. The molecule has 3 nitrogen and oxygen atoms in total. The quantitative estimate of drug-likeness (QED) is 0.698. The zero-order valence-corrected chi connectivity index (χ0v) is 7.25. The van der Waals surface area contributed by atoms with Crippen LogP contribution in [0.5, 0.6) is 0 Å². The third-order valence-corrected chi connectivity index (χ3v) is 2.28. The molecule has 1 aliphatic heterocycles. The SMILES string of the molecule is CCc1cnc(C2CNC2)nc1. The summed E-state index contributed by atoms with van der Waals surface area (Å²) in [5, 5.41) is 3.21. The lowest BCUT2D eigenvalue weighted by molar-refractivity contribution is 0.429. The number of rotatable bonds is 2. The molecule has 12 heavy (non-hydrogen) atoms. The van der Waals surface area contributed by atoms with E-state index in [4.69, 9.17) is 0 Å². The van der Waals surface area contributed by atoms with Crippen LogP contribution < -0.4 is 5.32 Å². The lowest BCUT2D eigenvalue weighted by atomic mass is 10.0. The molecule has 64 valence electrons. The molecule has 0 unspecified atom stereocenters. The van der Waals surface area contributed by atoms with Crippen molar-refractivity contribution < 1.29 is 0 Å². The number of nitrogens with zero attached hydrogens (tertiary/aromatic N) is 2. The van der Waals surface area contributed by atoms with Gasteiger partial charge in [-0.2, -0.15) is 0 Å². The molecule has 0 radical (unpaired) electrons. The van der Waals surface area contributed by atoms with E-state index in [0.29, 0.717) is 5.92 Å². The molecule has 1 saturated heterocycles. The molecule has 0 amide bonds. The summed E-state index contributed by atoms with van der Waals surface area (Å²) in [5.41, 5.74) is 1.21. The van der Waals surface area contributed by atoms with Gasteiger partial charge in [0.1, 0.15) is 5.82 Å². The van der Waals surface area contributed by atoms with Crippen molar-refractivity contribution in [2.24, 2.45) is 0 Å². The van der Waals surface area contributed by atoms with Gasteiger partial charge in [0.25, 0.3) is 0 Å². The fourth-order valence-electron chi connectivity index (χ4n) is 1.23. The smallest absolute Gasteiger partial charge is 0.133 e. The van der Waals surface area contributed by atoms with Gasteiger partial charge in [0.2, 0.25) is 0 Å². The molecular formula is C9H13N3. The van der Waals surface area contributed by atoms with E-state index >= 15 is 0 Å². The van der Waals surface area contributed by atoms with E-state index in [2.05, 4.69) is 22.2 Å². The minimum absolute atomic E-state index is 0.552. The summed E-state index contributed by atoms with van der Waals surface area (Å²) in [5.74, 6) is 1.54. The molecule has 0 saturated carbocycles. The van der Waals surface area contributed by atoms with Crippen LogP contribution in [-0.2, 0) is 6.42 Å². The number of aryl methyl sites for hydroxylation is 1. The monoisotopic (exact) mass is 163 g/mol. The van der Waals surface area contributed by atoms with Crippen LogP contribution in [0.4, 0.5) is 0 Å². The first-order valence-corrected chi connectivity index (χ1v) is 4.41. The first kappa shape index (κ1) is 7.68. The molecule has 1 fully saturated rings. The van der Waals surface area contributed by atoms with Crippen molar-refractivity contribution in [3.05, 3.63) is 23.8 Å². The van der Waals surface area contributed by atoms with E-state index in [9.17, 15) is 0 Å². The maximum Gasteiger partial charge on any atom is 0.133 e. The predicted molar refractivity (Wildman–Crippen MR) is 47.0 cm³/mol. The van der Waals surface area contributed by atoms with Crippen molar-refractivity contribution in [1.29, 1.82) is 0 Å². The second-order valence-corrected chi connectivity index (χ2v) is 3.16. The van der Waals surface area contributed by atoms with Crippen molar-refractivity contribution in [2.45, 2.75) is 19.3 Å². The van der Waals surface area contributed by atoms with E-state index in [1.54, 1.807) is 0 Å². The molecule has 1 aromatic rings. The summed E-state index contributed by atoms with van der Waals surface area (Å²) in [7, 11) is 0. The number of hydrogen-bond donors (Lipinski definition) is 1. The zero-order chi connectivity index (χ0) is 8.39. The Bertz CT molecular complexity index is 251. The van der Waals surface area contributed by atoms with Gasteiger partial charge in [0.15, 0.2) is 0 Å². The third-order valence-electron chi connectivity index (χ3n) is 2.28. The van der Waals surface area contributed by atoms with Gasteiger partial charge in [-0.05, 0) is 12.0 Å². The van der Waals surface area contributed by atoms with Crippen molar-refractivity contribution in [1.82, 2.24) is 15.3 Å². The Labute approximate surface area is 72.2 Å². The molecule has 1 aromatic heterocycles. The third kappa shape index (κ3) is 1.32. The second-order valence-electron chi connectivity index (χ2n) is 3.16. The summed E-state index contributed by atoms with van der Waals surface area (Å²) in [4.78, 5) is 8.64. The fourth-order valence-corrected chi connectivity index (χ4v) is 1.23. The van der Waals surface area contributed by atoms with Crippen LogP contribution in [0.2, 0.25) is 0 Å². The second kappa shape index (κ2) is 3.19. The Morgan fingerprint density at radius 2 is 2.08 bits per heavy atom. The lowest BCUT2D eigenvalue weighted by Gasteiger charge is -2.25. The Morgan fingerprint density at radius 3 is 2.50 bits per heavy atom. The van der Waals surface area contributed by atoms with E-state index in [1.807, 2.05) is 12.4 Å². The van der Waals surface area contributed by atoms with Gasteiger partial charge in [-0.3, -0.25) is 0 Å². The standard InChI is InChI=1S/C9H13N3/c1-2-7-3-11-9(12-4-7)8-5-10-6-8/h3-4,8,10H,2,5-6H2,1H3. The Balaban J connectivity index is 2.13. The Hall–Kier alpha value is -0.960. The molecule has 1 aliphatic rings.